The first kappa shape index (κ1) is 17.6. The van der Waals surface area contributed by atoms with Crippen LogP contribution in [0.5, 0.6) is 0 Å². The standard InChI is InChI=1S/C16H24N2O2S/c1-16(2,3)13-7-5-12(6-8-13)11-21-10-9-14(19)18-15(20)17-4/h5-8H,9-11H2,1-4H3,(H2,17,18,19,20). The lowest BCUT2D eigenvalue weighted by molar-refractivity contribution is -0.119. The van der Waals surface area contributed by atoms with Gasteiger partial charge < -0.3 is 5.32 Å². The van der Waals surface area contributed by atoms with Crippen molar-refractivity contribution in [1.82, 2.24) is 10.6 Å². The van der Waals surface area contributed by atoms with Gasteiger partial charge in [-0.3, -0.25) is 10.1 Å². The molecule has 0 fully saturated rings. The van der Waals surface area contributed by atoms with E-state index in [2.05, 4.69) is 55.7 Å². The average molecular weight is 308 g/mol. The van der Waals surface area contributed by atoms with Gasteiger partial charge in [0.25, 0.3) is 0 Å². The molecule has 0 bridgehead atoms. The Bertz CT molecular complexity index is 478. The largest absolute Gasteiger partial charge is 0.341 e. The number of nitrogens with one attached hydrogen (secondary N) is 2. The number of amides is 3. The monoisotopic (exact) mass is 308 g/mol. The molecule has 2 N–H and O–H groups in total. The normalized spacial score (nSPS) is 11.0. The first-order chi connectivity index (χ1) is 9.82. The maximum atomic E-state index is 11.4. The number of thioether (sulfide) groups is 1. The molecule has 0 aliphatic heterocycles. The summed E-state index contributed by atoms with van der Waals surface area (Å²) < 4.78 is 0. The Morgan fingerprint density at radius 1 is 1.14 bits per heavy atom. The second-order valence-corrected chi connectivity index (χ2v) is 6.98. The molecule has 0 radical (unpaired) electrons. The second-order valence-electron chi connectivity index (χ2n) is 5.88. The predicted molar refractivity (Wildman–Crippen MR) is 88.5 cm³/mol. The number of carbonyl (C=O) groups excluding carboxylic acids is 2. The van der Waals surface area contributed by atoms with Crippen LogP contribution >= 0.6 is 11.8 Å². The van der Waals surface area contributed by atoms with Gasteiger partial charge in [0.15, 0.2) is 0 Å². The lowest BCUT2D eigenvalue weighted by Gasteiger charge is -2.19. The summed E-state index contributed by atoms with van der Waals surface area (Å²) in [7, 11) is 1.48. The minimum absolute atomic E-state index is 0.170. The zero-order chi connectivity index (χ0) is 15.9. The van der Waals surface area contributed by atoms with Crippen molar-refractivity contribution in [3.8, 4) is 0 Å². The third-order valence-corrected chi connectivity index (χ3v) is 4.07. The van der Waals surface area contributed by atoms with Gasteiger partial charge in [-0.15, -0.1) is 0 Å². The highest BCUT2D eigenvalue weighted by molar-refractivity contribution is 7.98. The zero-order valence-corrected chi connectivity index (χ0v) is 14.0. The third-order valence-electron chi connectivity index (χ3n) is 3.04. The van der Waals surface area contributed by atoms with E-state index < -0.39 is 6.03 Å². The van der Waals surface area contributed by atoms with Crippen LogP contribution in [0.3, 0.4) is 0 Å². The van der Waals surface area contributed by atoms with E-state index in [0.29, 0.717) is 12.2 Å². The lowest BCUT2D eigenvalue weighted by Crippen LogP contribution is -2.37. The fraction of sp³-hybridized carbons (Fsp3) is 0.500. The predicted octanol–water partition coefficient (Wildman–Crippen LogP) is 3.06. The second kappa shape index (κ2) is 8.08. The molecule has 1 aromatic rings. The Labute approximate surface area is 131 Å². The van der Waals surface area contributed by atoms with E-state index in [1.807, 2.05) is 0 Å². The molecule has 1 aromatic carbocycles. The highest BCUT2D eigenvalue weighted by Crippen LogP contribution is 2.23. The van der Waals surface area contributed by atoms with Crippen molar-refractivity contribution >= 4 is 23.7 Å². The first-order valence-corrected chi connectivity index (χ1v) is 8.17. The minimum atomic E-state index is -0.456. The Hall–Kier alpha value is -1.49. The van der Waals surface area contributed by atoms with Crippen molar-refractivity contribution < 1.29 is 9.59 Å². The molecule has 0 saturated heterocycles. The fourth-order valence-corrected chi connectivity index (χ4v) is 2.61. The molecule has 5 heteroatoms. The molecule has 0 heterocycles. The molecule has 1 rings (SSSR count). The van der Waals surface area contributed by atoms with Gasteiger partial charge in [-0.2, -0.15) is 11.8 Å². The van der Waals surface area contributed by atoms with Crippen LogP contribution in [0.15, 0.2) is 24.3 Å². The molecule has 3 amide bonds. The van der Waals surface area contributed by atoms with Crippen LogP contribution in [-0.2, 0) is 16.0 Å². The number of imide groups is 1. The van der Waals surface area contributed by atoms with E-state index in [1.54, 1.807) is 11.8 Å². The summed E-state index contributed by atoms with van der Waals surface area (Å²) >= 11 is 1.69. The Balaban J connectivity index is 2.30. The Morgan fingerprint density at radius 2 is 1.76 bits per heavy atom. The number of carbonyl (C=O) groups is 2. The number of hydrogen-bond acceptors (Lipinski definition) is 3. The lowest BCUT2D eigenvalue weighted by atomic mass is 9.87. The number of rotatable bonds is 5. The molecule has 4 nitrogen and oxygen atoms in total. The van der Waals surface area contributed by atoms with Crippen molar-refractivity contribution in [2.45, 2.75) is 38.4 Å². The van der Waals surface area contributed by atoms with Gasteiger partial charge >= 0.3 is 6.03 Å². The van der Waals surface area contributed by atoms with E-state index in [1.165, 1.54) is 18.2 Å². The summed E-state index contributed by atoms with van der Waals surface area (Å²) in [6.07, 6.45) is 0.345. The van der Waals surface area contributed by atoms with Crippen LogP contribution in [0, 0.1) is 0 Å². The highest BCUT2D eigenvalue weighted by Gasteiger charge is 2.12. The molecule has 0 unspecified atom stereocenters. The molecule has 0 aliphatic rings. The molecule has 21 heavy (non-hydrogen) atoms. The minimum Gasteiger partial charge on any atom is -0.341 e. The quantitative estimate of drug-likeness (QED) is 0.822. The maximum Gasteiger partial charge on any atom is 0.321 e. The van der Waals surface area contributed by atoms with Gasteiger partial charge in [-0.05, 0) is 16.5 Å². The van der Waals surface area contributed by atoms with Gasteiger partial charge in [0.1, 0.15) is 0 Å². The van der Waals surface area contributed by atoms with Crippen LogP contribution in [0.2, 0.25) is 0 Å². The molecule has 116 valence electrons. The van der Waals surface area contributed by atoms with Crippen LogP contribution in [0.1, 0.15) is 38.3 Å². The molecule has 0 spiro atoms. The Morgan fingerprint density at radius 3 is 2.29 bits per heavy atom. The van der Waals surface area contributed by atoms with Crippen LogP contribution in [0.25, 0.3) is 0 Å². The van der Waals surface area contributed by atoms with Crippen molar-refractivity contribution in [3.63, 3.8) is 0 Å². The van der Waals surface area contributed by atoms with Crippen LogP contribution in [0.4, 0.5) is 4.79 Å². The van der Waals surface area contributed by atoms with Gasteiger partial charge in [0.2, 0.25) is 5.91 Å². The smallest absolute Gasteiger partial charge is 0.321 e. The molecule has 0 aliphatic carbocycles. The third kappa shape index (κ3) is 6.67. The Kier molecular flexibility index (Phi) is 6.75. The maximum absolute atomic E-state index is 11.4. The van der Waals surface area contributed by atoms with Gasteiger partial charge in [-0.25, -0.2) is 4.79 Å². The summed E-state index contributed by atoms with van der Waals surface area (Å²) in [5.74, 6) is 1.33. The van der Waals surface area contributed by atoms with Crippen LogP contribution < -0.4 is 10.6 Å². The van der Waals surface area contributed by atoms with Crippen molar-refractivity contribution in [2.24, 2.45) is 0 Å². The zero-order valence-electron chi connectivity index (χ0n) is 13.2. The average Bonchev–Trinajstić information content (AvgIpc) is 2.43. The molecule has 0 saturated carbocycles. The fourth-order valence-electron chi connectivity index (χ4n) is 1.71. The summed E-state index contributed by atoms with van der Waals surface area (Å²) in [4.78, 5) is 22.3. The number of urea groups is 1. The number of hydrogen-bond donors (Lipinski definition) is 2. The van der Waals surface area contributed by atoms with Gasteiger partial charge in [-0.1, -0.05) is 45.0 Å². The molecule has 0 aromatic heterocycles. The molecular formula is C16H24N2O2S. The topological polar surface area (TPSA) is 58.2 Å². The molecule has 0 atom stereocenters. The van der Waals surface area contributed by atoms with Crippen LogP contribution in [-0.4, -0.2) is 24.7 Å². The summed E-state index contributed by atoms with van der Waals surface area (Å²) in [6, 6.07) is 8.14. The highest BCUT2D eigenvalue weighted by atomic mass is 32.2. The summed E-state index contributed by atoms with van der Waals surface area (Å²) in [5, 5.41) is 4.60. The summed E-state index contributed by atoms with van der Waals surface area (Å²) in [5.41, 5.74) is 2.74. The molecular weight excluding hydrogens is 284 g/mol. The van der Waals surface area contributed by atoms with E-state index in [-0.39, 0.29) is 11.3 Å². The van der Waals surface area contributed by atoms with Crippen molar-refractivity contribution in [3.05, 3.63) is 35.4 Å². The van der Waals surface area contributed by atoms with Crippen molar-refractivity contribution in [2.75, 3.05) is 12.8 Å². The van der Waals surface area contributed by atoms with E-state index >= 15 is 0 Å². The SMILES string of the molecule is CNC(=O)NC(=O)CCSCc1ccc(C(C)(C)C)cc1. The van der Waals surface area contributed by atoms with E-state index in [9.17, 15) is 9.59 Å². The van der Waals surface area contributed by atoms with E-state index in [4.69, 9.17) is 0 Å². The number of benzene rings is 1. The van der Waals surface area contributed by atoms with Gasteiger partial charge in [0, 0.05) is 25.0 Å². The van der Waals surface area contributed by atoms with Gasteiger partial charge in [0.05, 0.1) is 0 Å². The summed E-state index contributed by atoms with van der Waals surface area (Å²) in [6.45, 7) is 6.59. The van der Waals surface area contributed by atoms with E-state index in [0.717, 1.165) is 5.75 Å². The van der Waals surface area contributed by atoms with Crippen molar-refractivity contribution in [1.29, 1.82) is 0 Å². The first-order valence-electron chi connectivity index (χ1n) is 7.01.